The van der Waals surface area contributed by atoms with E-state index in [2.05, 4.69) is 15.5 Å². The van der Waals surface area contributed by atoms with E-state index in [1.807, 2.05) is 6.92 Å². The normalized spacial score (nSPS) is 12.6. The highest BCUT2D eigenvalue weighted by Gasteiger charge is 2.29. The van der Waals surface area contributed by atoms with E-state index in [1.54, 1.807) is 0 Å². The van der Waals surface area contributed by atoms with Crippen LogP contribution in [0.1, 0.15) is 13.8 Å². The molecule has 0 spiro atoms. The molecule has 1 heterocycles. The molecular weight excluding hydrogens is 387 g/mol. The Morgan fingerprint density at radius 2 is 2.00 bits per heavy atom. The van der Waals surface area contributed by atoms with Gasteiger partial charge in [-0.25, -0.2) is 12.8 Å². The van der Waals surface area contributed by atoms with Crippen LogP contribution in [0.3, 0.4) is 0 Å². The van der Waals surface area contributed by atoms with Gasteiger partial charge in [-0.05, 0) is 36.9 Å². The number of aromatic nitrogens is 2. The van der Waals surface area contributed by atoms with Gasteiger partial charge in [0.15, 0.2) is 4.34 Å². The lowest BCUT2D eigenvalue weighted by Crippen LogP contribution is -2.45. The van der Waals surface area contributed by atoms with Crippen LogP contribution in [0.2, 0.25) is 0 Å². The second kappa shape index (κ2) is 8.11. The van der Waals surface area contributed by atoms with Crippen molar-refractivity contribution < 1.29 is 17.6 Å². The van der Waals surface area contributed by atoms with E-state index in [0.29, 0.717) is 9.47 Å². The van der Waals surface area contributed by atoms with E-state index >= 15 is 0 Å². The zero-order valence-corrected chi connectivity index (χ0v) is 16.2. The smallest absolute Gasteiger partial charge is 0.249 e. The van der Waals surface area contributed by atoms with Gasteiger partial charge in [-0.3, -0.25) is 14.4 Å². The highest BCUT2D eigenvalue weighted by atomic mass is 32.2. The van der Waals surface area contributed by atoms with Gasteiger partial charge in [0.1, 0.15) is 11.9 Å². The Morgan fingerprint density at radius 1 is 1.36 bits per heavy atom. The first-order valence-electron chi connectivity index (χ1n) is 7.24. The van der Waals surface area contributed by atoms with Crippen LogP contribution in [0.5, 0.6) is 0 Å². The van der Waals surface area contributed by atoms with Crippen LogP contribution in [0.15, 0.2) is 28.6 Å². The molecule has 0 unspecified atom stereocenters. The second-order valence-corrected chi connectivity index (χ2v) is 9.35. The van der Waals surface area contributed by atoms with Gasteiger partial charge in [0, 0.05) is 0 Å². The van der Waals surface area contributed by atoms with Crippen molar-refractivity contribution in [1.82, 2.24) is 10.2 Å². The number of hydrogen-bond acceptors (Lipinski definition) is 7. The summed E-state index contributed by atoms with van der Waals surface area (Å²) in [4.78, 5) is 12.4. The fourth-order valence-electron chi connectivity index (χ4n) is 2.05. The van der Waals surface area contributed by atoms with Crippen molar-refractivity contribution in [3.63, 3.8) is 0 Å². The number of hydrogen-bond donors (Lipinski definition) is 1. The number of rotatable bonds is 7. The Balaban J connectivity index is 2.21. The molecule has 1 N–H and O–H groups in total. The van der Waals surface area contributed by atoms with Crippen molar-refractivity contribution in [1.29, 1.82) is 0 Å². The summed E-state index contributed by atoms with van der Waals surface area (Å²) in [7, 11) is -3.76. The minimum atomic E-state index is -3.76. The van der Waals surface area contributed by atoms with Crippen molar-refractivity contribution in [2.45, 2.75) is 24.2 Å². The molecule has 0 saturated heterocycles. The third-order valence-electron chi connectivity index (χ3n) is 3.07. The van der Waals surface area contributed by atoms with Gasteiger partial charge >= 0.3 is 0 Å². The van der Waals surface area contributed by atoms with Crippen molar-refractivity contribution in [3.05, 3.63) is 30.1 Å². The number of carbonyl (C=O) groups is 1. The molecule has 7 nitrogen and oxygen atoms in total. The number of benzene rings is 1. The largest absolute Gasteiger partial charge is 0.299 e. The maximum Gasteiger partial charge on any atom is 0.249 e. The average molecular weight is 405 g/mol. The Labute approximate surface area is 153 Å². The third-order valence-corrected chi connectivity index (χ3v) is 6.17. The first kappa shape index (κ1) is 19.6. The van der Waals surface area contributed by atoms with Gasteiger partial charge in [-0.2, -0.15) is 0 Å². The fourth-order valence-corrected chi connectivity index (χ4v) is 4.88. The summed E-state index contributed by atoms with van der Waals surface area (Å²) in [5, 5.41) is 10.6. The molecule has 0 aliphatic carbocycles. The molecule has 0 saturated carbocycles. The van der Waals surface area contributed by atoms with Crippen LogP contribution in [-0.4, -0.2) is 42.6 Å². The van der Waals surface area contributed by atoms with Gasteiger partial charge in [-0.1, -0.05) is 30.0 Å². The molecular formula is C14H17FN4O3S3. The molecule has 1 amide bonds. The summed E-state index contributed by atoms with van der Waals surface area (Å²) in [6.07, 6.45) is 0.987. The van der Waals surface area contributed by atoms with Crippen molar-refractivity contribution in [3.8, 4) is 0 Å². The SMILES string of the molecule is CCSc1nnc(NC(=O)[C@@H](C)N(c2ccc(F)cc2)S(C)(=O)=O)s1. The molecule has 0 aliphatic rings. The predicted molar refractivity (Wildman–Crippen MR) is 98.1 cm³/mol. The maximum absolute atomic E-state index is 13.1. The fraction of sp³-hybridized carbons (Fsp3) is 0.357. The number of anilines is 2. The first-order valence-corrected chi connectivity index (χ1v) is 10.9. The number of nitrogens with one attached hydrogen (secondary N) is 1. The molecule has 1 atom stereocenters. The maximum atomic E-state index is 13.1. The van der Waals surface area contributed by atoms with Crippen molar-refractivity contribution >= 4 is 49.8 Å². The van der Waals surface area contributed by atoms with Crippen LogP contribution in [0, 0.1) is 5.82 Å². The number of thioether (sulfide) groups is 1. The number of nitrogens with zero attached hydrogens (tertiary/aromatic N) is 3. The Bertz CT molecular complexity index is 839. The van der Waals surface area contributed by atoms with Gasteiger partial charge in [0.25, 0.3) is 0 Å². The lowest BCUT2D eigenvalue weighted by Gasteiger charge is -2.27. The summed E-state index contributed by atoms with van der Waals surface area (Å²) in [5.41, 5.74) is 0.200. The van der Waals surface area contributed by atoms with Gasteiger partial charge in [0.05, 0.1) is 11.9 Å². The molecule has 0 aliphatic heterocycles. The summed E-state index contributed by atoms with van der Waals surface area (Å²) >= 11 is 2.70. The van der Waals surface area contributed by atoms with Crippen molar-refractivity contribution in [2.75, 3.05) is 21.6 Å². The molecule has 11 heteroatoms. The molecule has 2 rings (SSSR count). The third kappa shape index (κ3) is 5.13. The summed E-state index contributed by atoms with van der Waals surface area (Å²) in [6.45, 7) is 3.42. The first-order chi connectivity index (χ1) is 11.7. The van der Waals surface area contributed by atoms with Gasteiger partial charge in [0.2, 0.25) is 21.1 Å². The van der Waals surface area contributed by atoms with Crippen LogP contribution in [0.4, 0.5) is 15.2 Å². The highest BCUT2D eigenvalue weighted by molar-refractivity contribution is 8.01. The lowest BCUT2D eigenvalue weighted by molar-refractivity contribution is -0.116. The average Bonchev–Trinajstić information content (AvgIpc) is 2.95. The quantitative estimate of drug-likeness (QED) is 0.563. The highest BCUT2D eigenvalue weighted by Crippen LogP contribution is 2.26. The number of halogens is 1. The minimum absolute atomic E-state index is 0.200. The Hall–Kier alpha value is -1.72. The lowest BCUT2D eigenvalue weighted by atomic mass is 10.2. The topological polar surface area (TPSA) is 92.3 Å². The standard InChI is InChI=1S/C14H17FN4O3S3/c1-4-23-14-18-17-13(24-14)16-12(20)9(2)19(25(3,21)22)11-7-5-10(15)6-8-11/h5-9H,4H2,1-3H3,(H,16,17,20)/t9-/m1/s1. The van der Waals surface area contributed by atoms with E-state index in [0.717, 1.165) is 28.4 Å². The Morgan fingerprint density at radius 3 is 2.56 bits per heavy atom. The van der Waals surface area contributed by atoms with E-state index in [4.69, 9.17) is 0 Å². The summed E-state index contributed by atoms with van der Waals surface area (Å²) < 4.78 is 39.0. The summed E-state index contributed by atoms with van der Waals surface area (Å²) in [6, 6.07) is 3.84. The van der Waals surface area contributed by atoms with Crippen LogP contribution in [0.25, 0.3) is 0 Å². The molecule has 136 valence electrons. The molecule has 2 aromatic rings. The van der Waals surface area contributed by atoms with E-state index < -0.39 is 27.8 Å². The molecule has 1 aromatic heterocycles. The second-order valence-electron chi connectivity index (χ2n) is 5.01. The van der Waals surface area contributed by atoms with E-state index in [9.17, 15) is 17.6 Å². The van der Waals surface area contributed by atoms with Gasteiger partial charge < -0.3 is 0 Å². The molecule has 0 radical (unpaired) electrons. The number of sulfonamides is 1. The monoisotopic (exact) mass is 404 g/mol. The molecule has 0 bridgehead atoms. The van der Waals surface area contributed by atoms with Gasteiger partial charge in [-0.15, -0.1) is 10.2 Å². The van der Waals surface area contributed by atoms with Crippen molar-refractivity contribution in [2.24, 2.45) is 0 Å². The zero-order chi connectivity index (χ0) is 18.6. The minimum Gasteiger partial charge on any atom is -0.299 e. The molecule has 1 aromatic carbocycles. The van der Waals surface area contributed by atoms with Crippen LogP contribution >= 0.6 is 23.1 Å². The molecule has 25 heavy (non-hydrogen) atoms. The zero-order valence-electron chi connectivity index (χ0n) is 13.8. The number of carbonyl (C=O) groups excluding carboxylic acids is 1. The van der Waals surface area contributed by atoms with Crippen LogP contribution in [-0.2, 0) is 14.8 Å². The molecule has 0 fully saturated rings. The summed E-state index contributed by atoms with van der Waals surface area (Å²) in [5.74, 6) is -0.228. The Kier molecular flexibility index (Phi) is 6.36. The van der Waals surface area contributed by atoms with E-state index in [-0.39, 0.29) is 5.69 Å². The van der Waals surface area contributed by atoms with Crippen LogP contribution < -0.4 is 9.62 Å². The van der Waals surface area contributed by atoms with E-state index in [1.165, 1.54) is 42.2 Å². The number of amides is 1. The predicted octanol–water partition coefficient (Wildman–Crippen LogP) is 2.58.